The first-order valence-corrected chi connectivity index (χ1v) is 10.9. The Hall–Kier alpha value is -2.35. The number of aromatic nitrogens is 2. The molecular weight excluding hydrogens is 421 g/mol. The van der Waals surface area contributed by atoms with E-state index in [-0.39, 0.29) is 9.92 Å². The molecule has 0 spiro atoms. The molecule has 0 bridgehead atoms. The number of benzene rings is 2. The number of hydrogen-bond acceptors (Lipinski definition) is 5. The second-order valence-electron chi connectivity index (χ2n) is 6.29. The first-order valence-electron chi connectivity index (χ1n) is 8.24. The molecule has 6 nitrogen and oxygen atoms in total. The molecule has 1 aromatic heterocycles. The summed E-state index contributed by atoms with van der Waals surface area (Å²) in [6.07, 6.45) is 2.62. The Balaban J connectivity index is 1.81. The third kappa shape index (κ3) is 4.38. The van der Waals surface area contributed by atoms with Crippen molar-refractivity contribution in [2.45, 2.75) is 18.4 Å². The van der Waals surface area contributed by atoms with Gasteiger partial charge in [-0.15, -0.1) is 0 Å². The number of hydrogen-bond donors (Lipinski definition) is 1. The van der Waals surface area contributed by atoms with Crippen LogP contribution in [0.1, 0.15) is 11.1 Å². The van der Waals surface area contributed by atoms with Crippen molar-refractivity contribution < 1.29 is 8.42 Å². The van der Waals surface area contributed by atoms with Crippen LogP contribution >= 0.6 is 23.2 Å². The Labute approximate surface area is 172 Å². The molecular formula is C19H17Cl2N3O3S. The molecule has 0 unspecified atom stereocenters. The minimum atomic E-state index is -3.24. The summed E-state index contributed by atoms with van der Waals surface area (Å²) in [6, 6.07) is 11.6. The Morgan fingerprint density at radius 2 is 1.79 bits per heavy atom. The van der Waals surface area contributed by atoms with E-state index in [0.29, 0.717) is 22.9 Å². The third-order valence-corrected chi connectivity index (χ3v) is 6.05. The van der Waals surface area contributed by atoms with Crippen LogP contribution in [0, 0.1) is 6.92 Å². The maximum atomic E-state index is 12.6. The van der Waals surface area contributed by atoms with Crippen molar-refractivity contribution >= 4 is 38.7 Å². The molecule has 3 rings (SSSR count). The van der Waals surface area contributed by atoms with E-state index in [0.717, 1.165) is 17.4 Å². The molecule has 0 atom stereocenters. The number of nitrogens with zero attached hydrogens (tertiary/aromatic N) is 2. The summed E-state index contributed by atoms with van der Waals surface area (Å²) in [7, 11) is -3.24. The molecule has 0 fully saturated rings. The van der Waals surface area contributed by atoms with E-state index in [2.05, 4.69) is 10.4 Å². The lowest BCUT2D eigenvalue weighted by Crippen LogP contribution is -2.22. The monoisotopic (exact) mass is 437 g/mol. The van der Waals surface area contributed by atoms with Gasteiger partial charge in [0.15, 0.2) is 9.84 Å². The van der Waals surface area contributed by atoms with Gasteiger partial charge < -0.3 is 5.32 Å². The molecule has 0 saturated carbocycles. The van der Waals surface area contributed by atoms with Gasteiger partial charge in [-0.2, -0.15) is 9.78 Å². The third-order valence-electron chi connectivity index (χ3n) is 4.15. The first kappa shape index (κ1) is 20.4. The zero-order chi connectivity index (χ0) is 20.5. The SMILES string of the molecule is Cc1ccc(-n2ncc(NCc3ccc(S(C)(=O)=O)cc3)c(Cl)c2=O)cc1Cl. The van der Waals surface area contributed by atoms with Crippen LogP contribution in [0.25, 0.3) is 5.69 Å². The van der Waals surface area contributed by atoms with E-state index in [1.54, 1.807) is 30.3 Å². The van der Waals surface area contributed by atoms with Gasteiger partial charge in [0.05, 0.1) is 22.5 Å². The number of aryl methyl sites for hydroxylation is 1. The predicted molar refractivity (Wildman–Crippen MR) is 111 cm³/mol. The number of rotatable bonds is 5. The highest BCUT2D eigenvalue weighted by atomic mass is 35.5. The van der Waals surface area contributed by atoms with E-state index >= 15 is 0 Å². The summed E-state index contributed by atoms with van der Waals surface area (Å²) >= 11 is 12.3. The van der Waals surface area contributed by atoms with Gasteiger partial charge in [0.1, 0.15) is 5.02 Å². The Morgan fingerprint density at radius 1 is 1.11 bits per heavy atom. The van der Waals surface area contributed by atoms with Crippen molar-refractivity contribution in [3.63, 3.8) is 0 Å². The lowest BCUT2D eigenvalue weighted by molar-refractivity contribution is 0.602. The molecule has 146 valence electrons. The van der Waals surface area contributed by atoms with Crippen LogP contribution in [-0.2, 0) is 16.4 Å². The molecule has 0 aliphatic rings. The molecule has 9 heteroatoms. The van der Waals surface area contributed by atoms with E-state index in [1.807, 2.05) is 6.92 Å². The van der Waals surface area contributed by atoms with Gasteiger partial charge in [0.25, 0.3) is 5.56 Å². The van der Waals surface area contributed by atoms with E-state index in [1.165, 1.54) is 23.0 Å². The summed E-state index contributed by atoms with van der Waals surface area (Å²) < 4.78 is 24.2. The molecule has 28 heavy (non-hydrogen) atoms. The van der Waals surface area contributed by atoms with Crippen LogP contribution in [0.2, 0.25) is 10.0 Å². The Morgan fingerprint density at radius 3 is 2.39 bits per heavy atom. The van der Waals surface area contributed by atoms with Crippen molar-refractivity contribution in [2.24, 2.45) is 0 Å². The maximum absolute atomic E-state index is 12.6. The maximum Gasteiger partial charge on any atom is 0.292 e. The predicted octanol–water partition coefficient (Wildman–Crippen LogP) is 3.86. The van der Waals surface area contributed by atoms with Crippen LogP contribution < -0.4 is 10.9 Å². The summed E-state index contributed by atoms with van der Waals surface area (Å²) in [5.74, 6) is 0. The fraction of sp³-hybridized carbons (Fsp3) is 0.158. The molecule has 1 N–H and O–H groups in total. The molecule has 0 aliphatic heterocycles. The second-order valence-corrected chi connectivity index (χ2v) is 9.09. The summed E-state index contributed by atoms with van der Waals surface area (Å²) in [5.41, 5.74) is 2.15. The van der Waals surface area contributed by atoms with Gasteiger partial charge in [-0.05, 0) is 42.3 Å². The Kier molecular flexibility index (Phi) is 5.79. The van der Waals surface area contributed by atoms with Gasteiger partial charge in [0.2, 0.25) is 0 Å². The van der Waals surface area contributed by atoms with Crippen molar-refractivity contribution in [1.82, 2.24) is 9.78 Å². The summed E-state index contributed by atoms with van der Waals surface area (Å²) in [5, 5.41) is 7.73. The lowest BCUT2D eigenvalue weighted by Gasteiger charge is -2.11. The van der Waals surface area contributed by atoms with Crippen LogP contribution in [0.4, 0.5) is 5.69 Å². The average molecular weight is 438 g/mol. The van der Waals surface area contributed by atoms with Gasteiger partial charge in [-0.25, -0.2) is 8.42 Å². The highest BCUT2D eigenvalue weighted by Crippen LogP contribution is 2.21. The van der Waals surface area contributed by atoms with E-state index in [4.69, 9.17) is 23.2 Å². The smallest absolute Gasteiger partial charge is 0.292 e. The van der Waals surface area contributed by atoms with Crippen LogP contribution in [0.15, 0.2) is 58.4 Å². The minimum absolute atomic E-state index is 0.000506. The van der Waals surface area contributed by atoms with Gasteiger partial charge in [-0.1, -0.05) is 41.4 Å². The fourth-order valence-corrected chi connectivity index (χ4v) is 3.51. The molecule has 0 saturated heterocycles. The standard InChI is InChI=1S/C19H17Cl2N3O3S/c1-12-3-6-14(9-16(12)20)24-19(25)18(21)17(11-23-24)22-10-13-4-7-15(8-5-13)28(2,26)27/h3-9,11,22H,10H2,1-2H3. The van der Waals surface area contributed by atoms with Crippen LogP contribution in [0.3, 0.4) is 0 Å². The summed E-state index contributed by atoms with van der Waals surface area (Å²) in [6.45, 7) is 2.22. The van der Waals surface area contributed by atoms with Gasteiger partial charge in [0, 0.05) is 17.8 Å². The normalized spacial score (nSPS) is 11.4. The molecule has 0 amide bonds. The molecule has 0 aliphatic carbocycles. The minimum Gasteiger partial charge on any atom is -0.378 e. The van der Waals surface area contributed by atoms with E-state index in [9.17, 15) is 13.2 Å². The zero-order valence-electron chi connectivity index (χ0n) is 15.1. The zero-order valence-corrected chi connectivity index (χ0v) is 17.4. The van der Waals surface area contributed by atoms with Gasteiger partial charge >= 0.3 is 0 Å². The molecule has 2 aromatic carbocycles. The largest absolute Gasteiger partial charge is 0.378 e. The number of sulfone groups is 1. The second kappa shape index (κ2) is 7.95. The molecule has 3 aromatic rings. The quantitative estimate of drug-likeness (QED) is 0.654. The van der Waals surface area contributed by atoms with E-state index < -0.39 is 15.4 Å². The highest BCUT2D eigenvalue weighted by Gasteiger charge is 2.12. The number of halogens is 2. The van der Waals surface area contributed by atoms with Crippen molar-refractivity contribution in [2.75, 3.05) is 11.6 Å². The van der Waals surface area contributed by atoms with Gasteiger partial charge in [-0.3, -0.25) is 4.79 Å². The molecule has 1 heterocycles. The fourth-order valence-electron chi connectivity index (χ4n) is 2.51. The Bertz CT molecular complexity index is 1190. The summed E-state index contributed by atoms with van der Waals surface area (Å²) in [4.78, 5) is 12.8. The molecule has 0 radical (unpaired) electrons. The lowest BCUT2D eigenvalue weighted by atomic mass is 10.2. The van der Waals surface area contributed by atoms with Crippen LogP contribution in [-0.4, -0.2) is 24.5 Å². The number of anilines is 1. The topological polar surface area (TPSA) is 81.1 Å². The van der Waals surface area contributed by atoms with Crippen molar-refractivity contribution in [1.29, 1.82) is 0 Å². The highest BCUT2D eigenvalue weighted by molar-refractivity contribution is 7.90. The number of nitrogens with one attached hydrogen (secondary N) is 1. The van der Waals surface area contributed by atoms with Crippen molar-refractivity contribution in [3.05, 3.63) is 80.2 Å². The average Bonchev–Trinajstić information content (AvgIpc) is 2.65. The first-order chi connectivity index (χ1) is 13.2. The van der Waals surface area contributed by atoms with Crippen LogP contribution in [0.5, 0.6) is 0 Å². The van der Waals surface area contributed by atoms with Crippen molar-refractivity contribution in [3.8, 4) is 5.69 Å².